The van der Waals surface area contributed by atoms with Gasteiger partial charge in [0.05, 0.1) is 0 Å². The van der Waals surface area contributed by atoms with Crippen molar-refractivity contribution in [2.75, 3.05) is 0 Å². The van der Waals surface area contributed by atoms with Crippen LogP contribution in [0.15, 0.2) is 0 Å². The Morgan fingerprint density at radius 2 is 1.31 bits per heavy atom. The van der Waals surface area contributed by atoms with E-state index in [4.69, 9.17) is 0 Å². The lowest BCUT2D eigenvalue weighted by Crippen LogP contribution is -2.16. The van der Waals surface area contributed by atoms with Crippen molar-refractivity contribution in [2.45, 2.75) is 66.7 Å². The maximum atomic E-state index is 2.43. The van der Waals surface area contributed by atoms with Crippen LogP contribution in [0.4, 0.5) is 0 Å². The number of hydrogen-bond acceptors (Lipinski definition) is 0. The molecule has 0 aromatic heterocycles. The van der Waals surface area contributed by atoms with Crippen molar-refractivity contribution < 1.29 is 0 Å². The molecular weight excluding hydrogens is 156 g/mol. The molecule has 0 aliphatic heterocycles. The minimum atomic E-state index is 0.909. The summed E-state index contributed by atoms with van der Waals surface area (Å²) in [5, 5.41) is 0. The van der Waals surface area contributed by atoms with Gasteiger partial charge in [0, 0.05) is 0 Å². The van der Waals surface area contributed by atoms with Gasteiger partial charge in [-0.15, -0.1) is 0 Å². The molecular formula is C13H28. The Labute approximate surface area is 85.1 Å². The zero-order chi connectivity index (χ0) is 10.3. The highest BCUT2D eigenvalue weighted by Crippen LogP contribution is 2.27. The Morgan fingerprint density at radius 1 is 0.769 bits per heavy atom. The van der Waals surface area contributed by atoms with Crippen LogP contribution in [-0.2, 0) is 0 Å². The first-order chi connectivity index (χ1) is 6.13. The molecule has 3 atom stereocenters. The van der Waals surface area contributed by atoms with Crippen LogP contribution in [0.5, 0.6) is 0 Å². The van der Waals surface area contributed by atoms with Gasteiger partial charge in [-0.1, -0.05) is 66.7 Å². The van der Waals surface area contributed by atoms with Gasteiger partial charge in [-0.25, -0.2) is 0 Å². The summed E-state index contributed by atoms with van der Waals surface area (Å²) >= 11 is 0. The summed E-state index contributed by atoms with van der Waals surface area (Å²) in [7, 11) is 0. The quantitative estimate of drug-likeness (QED) is 0.528. The second-order valence-electron chi connectivity index (χ2n) is 4.74. The minimum absolute atomic E-state index is 0.909. The number of rotatable bonds is 7. The Kier molecular flexibility index (Phi) is 7.41. The van der Waals surface area contributed by atoms with Crippen molar-refractivity contribution in [3.8, 4) is 0 Å². The van der Waals surface area contributed by atoms with E-state index in [1.165, 1.54) is 32.1 Å². The van der Waals surface area contributed by atoms with Gasteiger partial charge >= 0.3 is 0 Å². The average molecular weight is 184 g/mol. The van der Waals surface area contributed by atoms with Crippen molar-refractivity contribution in [3.63, 3.8) is 0 Å². The van der Waals surface area contributed by atoms with Crippen molar-refractivity contribution in [1.29, 1.82) is 0 Å². The van der Waals surface area contributed by atoms with Gasteiger partial charge < -0.3 is 0 Å². The van der Waals surface area contributed by atoms with Gasteiger partial charge in [0.2, 0.25) is 0 Å². The van der Waals surface area contributed by atoms with E-state index in [0.29, 0.717) is 0 Å². The summed E-state index contributed by atoms with van der Waals surface area (Å²) in [5.74, 6) is 2.74. The molecule has 0 nitrogen and oxygen atoms in total. The van der Waals surface area contributed by atoms with E-state index in [0.717, 1.165) is 17.8 Å². The highest BCUT2D eigenvalue weighted by molar-refractivity contribution is 4.67. The van der Waals surface area contributed by atoms with E-state index >= 15 is 0 Å². The molecule has 0 amide bonds. The van der Waals surface area contributed by atoms with Gasteiger partial charge in [-0.2, -0.15) is 0 Å². The molecule has 0 spiro atoms. The summed E-state index contributed by atoms with van der Waals surface area (Å²) in [4.78, 5) is 0. The summed E-state index contributed by atoms with van der Waals surface area (Å²) in [6.07, 6.45) is 6.92. The third kappa shape index (κ3) is 5.33. The molecule has 0 aromatic rings. The summed E-state index contributed by atoms with van der Waals surface area (Å²) in [6.45, 7) is 11.8. The number of unbranched alkanes of at least 4 members (excludes halogenated alkanes) is 1. The fourth-order valence-electron chi connectivity index (χ4n) is 2.07. The lowest BCUT2D eigenvalue weighted by Gasteiger charge is -2.25. The van der Waals surface area contributed by atoms with Gasteiger partial charge in [0.25, 0.3) is 0 Å². The van der Waals surface area contributed by atoms with E-state index in [1.54, 1.807) is 0 Å². The van der Waals surface area contributed by atoms with Gasteiger partial charge in [-0.05, 0) is 17.8 Å². The molecule has 0 bridgehead atoms. The predicted octanol–water partition coefficient (Wildman–Crippen LogP) is 4.89. The summed E-state index contributed by atoms with van der Waals surface area (Å²) < 4.78 is 0. The number of hydrogen-bond donors (Lipinski definition) is 0. The van der Waals surface area contributed by atoms with Crippen LogP contribution in [0.2, 0.25) is 0 Å². The molecule has 0 radical (unpaired) electrons. The standard InChI is InChI=1S/C13H28/c1-6-8-10-12(4)13(5)11(3)9-7-2/h11-13H,6-10H2,1-5H3. The molecule has 0 aliphatic carbocycles. The smallest absolute Gasteiger partial charge is 0.0391 e. The Morgan fingerprint density at radius 3 is 1.77 bits per heavy atom. The molecule has 0 saturated carbocycles. The van der Waals surface area contributed by atoms with Gasteiger partial charge in [0.15, 0.2) is 0 Å². The van der Waals surface area contributed by atoms with Crippen molar-refractivity contribution in [1.82, 2.24) is 0 Å². The lowest BCUT2D eigenvalue weighted by atomic mass is 9.80. The van der Waals surface area contributed by atoms with E-state index < -0.39 is 0 Å². The van der Waals surface area contributed by atoms with Crippen LogP contribution >= 0.6 is 0 Å². The molecule has 0 heteroatoms. The first-order valence-corrected chi connectivity index (χ1v) is 6.13. The van der Waals surface area contributed by atoms with E-state index in [9.17, 15) is 0 Å². The van der Waals surface area contributed by atoms with Crippen LogP contribution in [0, 0.1) is 17.8 Å². The van der Waals surface area contributed by atoms with Gasteiger partial charge in [0.1, 0.15) is 0 Å². The maximum absolute atomic E-state index is 2.43. The SMILES string of the molecule is CCCCC(C)C(C)C(C)CCC. The first kappa shape index (κ1) is 13.0. The monoisotopic (exact) mass is 184 g/mol. The van der Waals surface area contributed by atoms with Crippen LogP contribution < -0.4 is 0 Å². The molecule has 0 fully saturated rings. The van der Waals surface area contributed by atoms with Crippen LogP contribution in [0.3, 0.4) is 0 Å². The molecule has 0 N–H and O–H groups in total. The van der Waals surface area contributed by atoms with Crippen molar-refractivity contribution in [2.24, 2.45) is 17.8 Å². The maximum Gasteiger partial charge on any atom is -0.0391 e. The minimum Gasteiger partial charge on any atom is -0.0654 e. The molecule has 0 aromatic carbocycles. The Balaban J connectivity index is 3.71. The van der Waals surface area contributed by atoms with E-state index in [1.807, 2.05) is 0 Å². The summed E-state index contributed by atoms with van der Waals surface area (Å²) in [5.41, 5.74) is 0. The predicted molar refractivity (Wildman–Crippen MR) is 61.9 cm³/mol. The zero-order valence-electron chi connectivity index (χ0n) is 10.3. The molecule has 13 heavy (non-hydrogen) atoms. The van der Waals surface area contributed by atoms with Crippen molar-refractivity contribution in [3.05, 3.63) is 0 Å². The van der Waals surface area contributed by atoms with Crippen LogP contribution in [-0.4, -0.2) is 0 Å². The lowest BCUT2D eigenvalue weighted by molar-refractivity contribution is 0.249. The first-order valence-electron chi connectivity index (χ1n) is 6.13. The van der Waals surface area contributed by atoms with Gasteiger partial charge in [-0.3, -0.25) is 0 Å². The normalized spacial score (nSPS) is 18.2. The zero-order valence-corrected chi connectivity index (χ0v) is 10.3. The average Bonchev–Trinajstić information content (AvgIpc) is 2.13. The second-order valence-corrected chi connectivity index (χ2v) is 4.74. The van der Waals surface area contributed by atoms with E-state index in [2.05, 4.69) is 34.6 Å². The van der Waals surface area contributed by atoms with Crippen molar-refractivity contribution >= 4 is 0 Å². The largest absolute Gasteiger partial charge is 0.0654 e. The molecule has 0 saturated heterocycles. The highest BCUT2D eigenvalue weighted by Gasteiger charge is 2.17. The third-order valence-electron chi connectivity index (χ3n) is 3.55. The van der Waals surface area contributed by atoms with E-state index in [-0.39, 0.29) is 0 Å². The molecule has 3 unspecified atom stereocenters. The topological polar surface area (TPSA) is 0 Å². The third-order valence-corrected chi connectivity index (χ3v) is 3.55. The Bertz CT molecular complexity index is 107. The van der Waals surface area contributed by atoms with Crippen LogP contribution in [0.1, 0.15) is 66.7 Å². The fourth-order valence-corrected chi connectivity index (χ4v) is 2.07. The Hall–Kier alpha value is 0. The molecule has 0 rings (SSSR count). The highest BCUT2D eigenvalue weighted by atomic mass is 14.2. The molecule has 0 heterocycles. The fraction of sp³-hybridized carbons (Fsp3) is 1.00. The molecule has 0 aliphatic rings. The van der Waals surface area contributed by atoms with Crippen LogP contribution in [0.25, 0.3) is 0 Å². The second kappa shape index (κ2) is 7.41. The summed E-state index contributed by atoms with van der Waals surface area (Å²) in [6, 6.07) is 0. The molecule has 80 valence electrons.